The van der Waals surface area contributed by atoms with Gasteiger partial charge in [-0.3, -0.25) is 10.3 Å². The molecule has 1 heterocycles. The van der Waals surface area contributed by atoms with E-state index in [1.165, 1.54) is 10.0 Å². The molecule has 17 heavy (non-hydrogen) atoms. The fourth-order valence-electron chi connectivity index (χ4n) is 2.27. The summed E-state index contributed by atoms with van der Waals surface area (Å²) in [6.07, 6.45) is 2.03. The number of rotatable bonds is 3. The number of piperidine rings is 1. The van der Waals surface area contributed by atoms with Crippen LogP contribution in [-0.2, 0) is 6.54 Å². The Hall–Kier alpha value is -0.870. The third kappa shape index (κ3) is 3.30. The van der Waals surface area contributed by atoms with Crippen molar-refractivity contribution >= 4 is 21.8 Å². The van der Waals surface area contributed by atoms with Gasteiger partial charge in [-0.2, -0.15) is 0 Å². The molecule has 1 fully saturated rings. The Morgan fingerprint density at radius 1 is 1.35 bits per heavy atom. The molecule has 0 saturated carbocycles. The van der Waals surface area contributed by atoms with Gasteiger partial charge in [0.05, 0.1) is 5.84 Å². The third-order valence-corrected chi connectivity index (χ3v) is 4.15. The molecule has 3 nitrogen and oxygen atoms in total. The van der Waals surface area contributed by atoms with Gasteiger partial charge in [0.2, 0.25) is 0 Å². The molecule has 2 rings (SSSR count). The molecular weight excluding hydrogens is 278 g/mol. The molecule has 0 amide bonds. The van der Waals surface area contributed by atoms with Crippen LogP contribution in [0.2, 0.25) is 0 Å². The van der Waals surface area contributed by atoms with Crippen molar-refractivity contribution in [1.29, 1.82) is 5.41 Å². The number of halogens is 1. The average molecular weight is 296 g/mol. The maximum absolute atomic E-state index is 7.46. The normalized spacial score (nSPS) is 18.2. The number of nitrogens with one attached hydrogen (secondary N) is 1. The van der Waals surface area contributed by atoms with Gasteiger partial charge in [-0.15, -0.1) is 0 Å². The molecule has 1 aromatic rings. The standard InChI is InChI=1S/C13H18BrN3/c14-12-4-2-1-3-11(12)9-17-7-5-10(6-8-17)13(15)16/h1-4,10H,5-9H2,(H3,15,16). The number of nitrogens with zero attached hydrogens (tertiary/aromatic N) is 1. The first-order valence-electron chi connectivity index (χ1n) is 5.96. The second kappa shape index (κ2) is 5.65. The van der Waals surface area contributed by atoms with E-state index in [4.69, 9.17) is 11.1 Å². The Labute approximate surface area is 111 Å². The molecule has 4 heteroatoms. The average Bonchev–Trinajstić information content (AvgIpc) is 2.33. The van der Waals surface area contributed by atoms with Crippen LogP contribution < -0.4 is 5.73 Å². The molecule has 1 aliphatic heterocycles. The van der Waals surface area contributed by atoms with Gasteiger partial charge in [0.1, 0.15) is 0 Å². The van der Waals surface area contributed by atoms with Crippen LogP contribution in [0.15, 0.2) is 28.7 Å². The largest absolute Gasteiger partial charge is 0.387 e. The van der Waals surface area contributed by atoms with Crippen LogP contribution in [0.5, 0.6) is 0 Å². The van der Waals surface area contributed by atoms with E-state index in [-0.39, 0.29) is 0 Å². The zero-order valence-electron chi connectivity index (χ0n) is 9.82. The Balaban J connectivity index is 1.90. The Morgan fingerprint density at radius 3 is 2.59 bits per heavy atom. The maximum Gasteiger partial charge on any atom is 0.0937 e. The fraction of sp³-hybridized carbons (Fsp3) is 0.462. The summed E-state index contributed by atoms with van der Waals surface area (Å²) in [6.45, 7) is 3.04. The lowest BCUT2D eigenvalue weighted by Gasteiger charge is -2.31. The van der Waals surface area contributed by atoms with Crippen molar-refractivity contribution in [2.24, 2.45) is 11.7 Å². The minimum absolute atomic E-state index is 0.297. The van der Waals surface area contributed by atoms with Gasteiger partial charge in [0, 0.05) is 16.9 Å². The number of likely N-dealkylation sites (tertiary alicyclic amines) is 1. The van der Waals surface area contributed by atoms with E-state index in [2.05, 4.69) is 39.0 Å². The second-order valence-electron chi connectivity index (χ2n) is 4.60. The van der Waals surface area contributed by atoms with E-state index in [1.807, 2.05) is 6.07 Å². The van der Waals surface area contributed by atoms with Crippen LogP contribution in [0, 0.1) is 11.3 Å². The van der Waals surface area contributed by atoms with Crippen molar-refractivity contribution in [3.05, 3.63) is 34.3 Å². The van der Waals surface area contributed by atoms with E-state index in [1.54, 1.807) is 0 Å². The van der Waals surface area contributed by atoms with Crippen LogP contribution in [-0.4, -0.2) is 23.8 Å². The summed E-state index contributed by atoms with van der Waals surface area (Å²) in [6, 6.07) is 8.34. The van der Waals surface area contributed by atoms with Crippen molar-refractivity contribution in [1.82, 2.24) is 4.90 Å². The number of benzene rings is 1. The number of amidine groups is 1. The molecule has 0 unspecified atom stereocenters. The van der Waals surface area contributed by atoms with Gasteiger partial charge in [0.15, 0.2) is 0 Å². The summed E-state index contributed by atoms with van der Waals surface area (Å²) in [5, 5.41) is 7.46. The van der Waals surface area contributed by atoms with Gasteiger partial charge in [-0.1, -0.05) is 34.1 Å². The summed E-state index contributed by atoms with van der Waals surface area (Å²) < 4.78 is 1.17. The SMILES string of the molecule is N=C(N)C1CCN(Cc2ccccc2Br)CC1. The summed E-state index contributed by atoms with van der Waals surface area (Å²) in [4.78, 5) is 2.43. The number of hydrogen-bond acceptors (Lipinski definition) is 2. The molecular formula is C13H18BrN3. The van der Waals surface area contributed by atoms with Gasteiger partial charge >= 0.3 is 0 Å². The first kappa shape index (κ1) is 12.6. The summed E-state index contributed by atoms with van der Waals surface area (Å²) >= 11 is 3.58. The molecule has 1 aliphatic rings. The van der Waals surface area contributed by atoms with Crippen LogP contribution in [0.3, 0.4) is 0 Å². The molecule has 92 valence electrons. The van der Waals surface area contributed by atoms with Gasteiger partial charge in [-0.25, -0.2) is 0 Å². The summed E-state index contributed by atoms with van der Waals surface area (Å²) in [5.74, 6) is 0.649. The van der Waals surface area contributed by atoms with Gasteiger partial charge in [0.25, 0.3) is 0 Å². The van der Waals surface area contributed by atoms with Crippen LogP contribution >= 0.6 is 15.9 Å². The highest BCUT2D eigenvalue weighted by molar-refractivity contribution is 9.10. The van der Waals surface area contributed by atoms with Crippen molar-refractivity contribution < 1.29 is 0 Å². The van der Waals surface area contributed by atoms with Crippen LogP contribution in [0.1, 0.15) is 18.4 Å². The molecule has 0 radical (unpaired) electrons. The van der Waals surface area contributed by atoms with E-state index in [0.29, 0.717) is 11.8 Å². The van der Waals surface area contributed by atoms with Gasteiger partial charge < -0.3 is 5.73 Å². The maximum atomic E-state index is 7.46. The molecule has 0 aliphatic carbocycles. The zero-order valence-corrected chi connectivity index (χ0v) is 11.4. The Kier molecular flexibility index (Phi) is 4.18. The predicted octanol–water partition coefficient (Wildman–Crippen LogP) is 2.60. The quantitative estimate of drug-likeness (QED) is 0.665. The van der Waals surface area contributed by atoms with E-state index >= 15 is 0 Å². The van der Waals surface area contributed by atoms with Crippen molar-refractivity contribution in [3.63, 3.8) is 0 Å². The smallest absolute Gasteiger partial charge is 0.0937 e. The molecule has 0 atom stereocenters. The minimum Gasteiger partial charge on any atom is -0.387 e. The number of hydrogen-bond donors (Lipinski definition) is 2. The molecule has 1 saturated heterocycles. The highest BCUT2D eigenvalue weighted by atomic mass is 79.9. The Morgan fingerprint density at radius 2 is 2.00 bits per heavy atom. The van der Waals surface area contributed by atoms with Crippen LogP contribution in [0.4, 0.5) is 0 Å². The molecule has 3 N–H and O–H groups in total. The van der Waals surface area contributed by atoms with Crippen molar-refractivity contribution in [2.45, 2.75) is 19.4 Å². The molecule has 0 bridgehead atoms. The topological polar surface area (TPSA) is 53.1 Å². The van der Waals surface area contributed by atoms with E-state index in [9.17, 15) is 0 Å². The minimum atomic E-state index is 0.297. The predicted molar refractivity (Wildman–Crippen MR) is 74.1 cm³/mol. The summed E-state index contributed by atoms with van der Waals surface area (Å²) in [7, 11) is 0. The van der Waals surface area contributed by atoms with Crippen LogP contribution in [0.25, 0.3) is 0 Å². The lowest BCUT2D eigenvalue weighted by atomic mass is 9.95. The van der Waals surface area contributed by atoms with E-state index in [0.717, 1.165) is 32.5 Å². The van der Waals surface area contributed by atoms with Crippen molar-refractivity contribution in [3.8, 4) is 0 Å². The fourth-order valence-corrected chi connectivity index (χ4v) is 2.68. The second-order valence-corrected chi connectivity index (χ2v) is 5.45. The third-order valence-electron chi connectivity index (χ3n) is 3.38. The molecule has 0 aromatic heterocycles. The monoisotopic (exact) mass is 295 g/mol. The first-order valence-corrected chi connectivity index (χ1v) is 6.76. The lowest BCUT2D eigenvalue weighted by Crippen LogP contribution is -2.37. The van der Waals surface area contributed by atoms with E-state index < -0.39 is 0 Å². The highest BCUT2D eigenvalue weighted by Crippen LogP contribution is 2.22. The Bertz CT molecular complexity index is 397. The zero-order chi connectivity index (χ0) is 12.3. The molecule has 0 spiro atoms. The van der Waals surface area contributed by atoms with Gasteiger partial charge in [-0.05, 0) is 37.6 Å². The number of nitrogens with two attached hydrogens (primary N) is 1. The van der Waals surface area contributed by atoms with Crippen molar-refractivity contribution in [2.75, 3.05) is 13.1 Å². The summed E-state index contributed by atoms with van der Waals surface area (Å²) in [5.41, 5.74) is 6.87. The molecule has 1 aromatic carbocycles. The first-order chi connectivity index (χ1) is 8.16. The lowest BCUT2D eigenvalue weighted by molar-refractivity contribution is 0.201. The highest BCUT2D eigenvalue weighted by Gasteiger charge is 2.21.